The Morgan fingerprint density at radius 1 is 1.29 bits per heavy atom. The zero-order valence-electron chi connectivity index (χ0n) is 11.8. The number of aliphatic carboxylic acids is 1. The second-order valence-electron chi connectivity index (χ2n) is 5.36. The molecule has 7 heteroatoms. The van der Waals surface area contributed by atoms with Gasteiger partial charge in [-0.25, -0.2) is 17.5 Å². The third kappa shape index (κ3) is 2.33. The number of carboxylic acids is 1. The second-order valence-corrected chi connectivity index (χ2v) is 7.69. The van der Waals surface area contributed by atoms with Gasteiger partial charge in [0.25, 0.3) is 15.9 Å². The number of hydrogen-bond acceptors (Lipinski definition) is 4. The van der Waals surface area contributed by atoms with Gasteiger partial charge >= 0.3 is 5.97 Å². The van der Waals surface area contributed by atoms with Gasteiger partial charge in [-0.3, -0.25) is 4.79 Å². The number of sulfonamides is 1. The van der Waals surface area contributed by atoms with Crippen molar-refractivity contribution in [3.63, 3.8) is 0 Å². The number of amides is 1. The smallest absolute Gasteiger partial charge is 0.328 e. The van der Waals surface area contributed by atoms with Crippen LogP contribution in [0.25, 0.3) is 6.08 Å². The highest BCUT2D eigenvalue weighted by molar-refractivity contribution is 7.98. The van der Waals surface area contributed by atoms with Crippen LogP contribution in [-0.4, -0.2) is 30.1 Å². The maximum absolute atomic E-state index is 12.2. The summed E-state index contributed by atoms with van der Waals surface area (Å²) in [5, 5.41) is 8.63. The van der Waals surface area contributed by atoms with Crippen LogP contribution in [-0.2, 0) is 19.6 Å². The molecule has 0 bridgehead atoms. The van der Waals surface area contributed by atoms with Crippen LogP contribution in [0.3, 0.4) is 0 Å². The van der Waals surface area contributed by atoms with Crippen LogP contribution in [0.2, 0.25) is 0 Å². The zero-order valence-corrected chi connectivity index (χ0v) is 12.6. The van der Waals surface area contributed by atoms with E-state index in [9.17, 15) is 18.0 Å². The Hall–Kier alpha value is -2.15. The SMILES string of the molecule is Cc1cc(/C=C/C(=O)O)cc(N2C(=O)C(C)(C)S2(=O)=O)c1. The Bertz CT molecular complexity index is 762. The number of nitrogens with zero attached hydrogens (tertiary/aromatic N) is 1. The quantitative estimate of drug-likeness (QED) is 0.855. The lowest BCUT2D eigenvalue weighted by molar-refractivity contribution is -0.131. The van der Waals surface area contributed by atoms with Gasteiger partial charge in [-0.2, -0.15) is 0 Å². The highest BCUT2D eigenvalue weighted by Crippen LogP contribution is 2.39. The molecule has 0 aromatic heterocycles. The molecule has 0 saturated carbocycles. The van der Waals surface area contributed by atoms with Crippen molar-refractivity contribution in [2.24, 2.45) is 0 Å². The van der Waals surface area contributed by atoms with Crippen molar-refractivity contribution < 1.29 is 23.1 Å². The average Bonchev–Trinajstić information content (AvgIpc) is 2.35. The van der Waals surface area contributed by atoms with Gasteiger partial charge in [0.15, 0.2) is 4.75 Å². The van der Waals surface area contributed by atoms with Crippen LogP contribution in [0.1, 0.15) is 25.0 Å². The van der Waals surface area contributed by atoms with Crippen molar-refractivity contribution in [1.29, 1.82) is 0 Å². The van der Waals surface area contributed by atoms with Crippen LogP contribution in [0, 0.1) is 6.92 Å². The number of rotatable bonds is 3. The normalized spacial score (nSPS) is 19.6. The fourth-order valence-electron chi connectivity index (χ4n) is 2.08. The Morgan fingerprint density at radius 3 is 2.43 bits per heavy atom. The van der Waals surface area contributed by atoms with Crippen LogP contribution in [0.4, 0.5) is 5.69 Å². The molecular weight excluding hydrogens is 294 g/mol. The van der Waals surface area contributed by atoms with E-state index in [0.29, 0.717) is 5.56 Å². The molecule has 1 aliphatic rings. The summed E-state index contributed by atoms with van der Waals surface area (Å²) >= 11 is 0. The van der Waals surface area contributed by atoms with Crippen LogP contribution in [0.5, 0.6) is 0 Å². The van der Waals surface area contributed by atoms with E-state index in [0.717, 1.165) is 15.9 Å². The van der Waals surface area contributed by atoms with Crippen molar-refractivity contribution in [3.8, 4) is 0 Å². The predicted molar refractivity (Wildman–Crippen MR) is 78.3 cm³/mol. The predicted octanol–water partition coefficient (Wildman–Crippen LogP) is 1.55. The number of hydrogen-bond donors (Lipinski definition) is 1. The summed E-state index contributed by atoms with van der Waals surface area (Å²) < 4.78 is 23.7. The Balaban J connectivity index is 2.47. The molecule has 6 nitrogen and oxygen atoms in total. The van der Waals surface area contributed by atoms with Crippen molar-refractivity contribution >= 4 is 33.7 Å². The number of aryl methyl sites for hydroxylation is 1. The molecule has 0 aliphatic carbocycles. The minimum atomic E-state index is -3.72. The molecule has 2 rings (SSSR count). The second kappa shape index (κ2) is 4.70. The first-order valence-corrected chi connectivity index (χ1v) is 7.63. The van der Waals surface area contributed by atoms with E-state index in [4.69, 9.17) is 5.11 Å². The van der Waals surface area contributed by atoms with Gasteiger partial charge < -0.3 is 5.11 Å². The minimum absolute atomic E-state index is 0.226. The molecule has 0 unspecified atom stereocenters. The third-order valence-electron chi connectivity index (χ3n) is 3.32. The summed E-state index contributed by atoms with van der Waals surface area (Å²) in [6.07, 6.45) is 2.30. The molecule has 21 heavy (non-hydrogen) atoms. The van der Waals surface area contributed by atoms with Gasteiger partial charge in [0.2, 0.25) is 0 Å². The average molecular weight is 309 g/mol. The summed E-state index contributed by atoms with van der Waals surface area (Å²) in [6, 6.07) is 4.74. The fraction of sp³-hybridized carbons (Fsp3) is 0.286. The first-order valence-electron chi connectivity index (χ1n) is 6.19. The van der Waals surface area contributed by atoms with Crippen molar-refractivity contribution in [2.45, 2.75) is 25.5 Å². The minimum Gasteiger partial charge on any atom is -0.478 e. The number of carboxylic acid groups (broad SMARTS) is 1. The zero-order chi connectivity index (χ0) is 16.0. The molecule has 1 fully saturated rings. The summed E-state index contributed by atoms with van der Waals surface area (Å²) in [7, 11) is -3.72. The maximum atomic E-state index is 12.2. The van der Waals surface area contributed by atoms with Crippen LogP contribution in [0.15, 0.2) is 24.3 Å². The fourth-order valence-corrected chi connectivity index (χ4v) is 3.55. The molecule has 1 aliphatic heterocycles. The monoisotopic (exact) mass is 309 g/mol. The molecule has 0 atom stereocenters. The lowest BCUT2D eigenvalue weighted by atomic mass is 10.1. The van der Waals surface area contributed by atoms with Gasteiger partial charge in [-0.15, -0.1) is 0 Å². The van der Waals surface area contributed by atoms with E-state index >= 15 is 0 Å². The lowest BCUT2D eigenvalue weighted by Gasteiger charge is -2.43. The molecule has 0 radical (unpaired) electrons. The third-order valence-corrected chi connectivity index (χ3v) is 5.64. The summed E-state index contributed by atoms with van der Waals surface area (Å²) in [6.45, 7) is 4.47. The highest BCUT2D eigenvalue weighted by Gasteiger charge is 2.60. The van der Waals surface area contributed by atoms with E-state index in [2.05, 4.69) is 0 Å². The molecule has 1 saturated heterocycles. The van der Waals surface area contributed by atoms with E-state index in [1.165, 1.54) is 26.0 Å². The van der Waals surface area contributed by atoms with Crippen molar-refractivity contribution in [2.75, 3.05) is 4.31 Å². The summed E-state index contributed by atoms with van der Waals surface area (Å²) in [5.41, 5.74) is 1.47. The van der Waals surface area contributed by atoms with Crippen molar-refractivity contribution in [1.82, 2.24) is 0 Å². The topological polar surface area (TPSA) is 91.8 Å². The Labute approximate surface area is 122 Å². The van der Waals surface area contributed by atoms with E-state index in [1.807, 2.05) is 0 Å². The number of anilines is 1. The van der Waals surface area contributed by atoms with E-state index < -0.39 is 26.6 Å². The maximum Gasteiger partial charge on any atom is 0.328 e. The summed E-state index contributed by atoms with van der Waals surface area (Å²) in [4.78, 5) is 22.6. The molecule has 1 N–H and O–H groups in total. The molecular formula is C14H15NO5S. The van der Waals surface area contributed by atoms with Gasteiger partial charge in [-0.1, -0.05) is 6.07 Å². The van der Waals surface area contributed by atoms with Gasteiger partial charge in [0.1, 0.15) is 0 Å². The van der Waals surface area contributed by atoms with Crippen LogP contribution < -0.4 is 4.31 Å². The molecule has 0 spiro atoms. The van der Waals surface area contributed by atoms with Crippen LogP contribution >= 0.6 is 0 Å². The Kier molecular flexibility index (Phi) is 3.41. The first-order chi connectivity index (χ1) is 9.57. The van der Waals surface area contributed by atoms with Gasteiger partial charge in [0.05, 0.1) is 5.69 Å². The highest BCUT2D eigenvalue weighted by atomic mass is 32.2. The molecule has 1 heterocycles. The van der Waals surface area contributed by atoms with E-state index in [1.54, 1.807) is 19.1 Å². The molecule has 1 amide bonds. The number of carbonyl (C=O) groups is 2. The van der Waals surface area contributed by atoms with Gasteiger partial charge in [-0.05, 0) is 50.1 Å². The molecule has 1 aromatic carbocycles. The van der Waals surface area contributed by atoms with Crippen molar-refractivity contribution in [3.05, 3.63) is 35.4 Å². The Morgan fingerprint density at radius 2 is 1.90 bits per heavy atom. The molecule has 1 aromatic rings. The number of carbonyl (C=O) groups excluding carboxylic acids is 1. The molecule has 112 valence electrons. The summed E-state index contributed by atoms with van der Waals surface area (Å²) in [5.74, 6) is -1.60. The number of benzene rings is 1. The first kappa shape index (κ1) is 15.2. The van der Waals surface area contributed by atoms with E-state index in [-0.39, 0.29) is 5.69 Å². The standard InChI is InChI=1S/C14H15NO5S/c1-9-6-10(4-5-12(16)17)8-11(7-9)15-13(18)14(2,3)21(15,19)20/h4-8H,1-3H3,(H,16,17)/b5-4+. The van der Waals surface area contributed by atoms with Gasteiger partial charge in [0, 0.05) is 6.08 Å². The lowest BCUT2D eigenvalue weighted by Crippen LogP contribution is -2.67. The largest absolute Gasteiger partial charge is 0.478 e.